The summed E-state index contributed by atoms with van der Waals surface area (Å²) in [5, 5.41) is 0. The summed E-state index contributed by atoms with van der Waals surface area (Å²) in [6, 6.07) is 0. The summed E-state index contributed by atoms with van der Waals surface area (Å²) in [6.45, 7) is 10.5. The summed E-state index contributed by atoms with van der Waals surface area (Å²) in [4.78, 5) is 0. The smallest absolute Gasteiger partial charge is 0.0227 e. The fourth-order valence-corrected chi connectivity index (χ4v) is 1.67. The van der Waals surface area contributed by atoms with E-state index in [0.717, 1.165) is 6.42 Å². The van der Waals surface area contributed by atoms with Gasteiger partial charge in [0.05, 0.1) is 0 Å². The number of allylic oxidation sites excluding steroid dienone is 5. The summed E-state index contributed by atoms with van der Waals surface area (Å²) in [5.74, 6) is 0.676. The van der Waals surface area contributed by atoms with Gasteiger partial charge < -0.3 is 0 Å². The molecule has 1 atom stereocenters. The minimum atomic E-state index is 0.676. The van der Waals surface area contributed by atoms with Crippen LogP contribution in [0.25, 0.3) is 0 Å². The lowest BCUT2D eigenvalue weighted by molar-refractivity contribution is 0.727. The summed E-state index contributed by atoms with van der Waals surface area (Å²) < 4.78 is 0. The molecular formula is C16H28. The van der Waals surface area contributed by atoms with Crippen molar-refractivity contribution >= 4 is 0 Å². The van der Waals surface area contributed by atoms with Crippen molar-refractivity contribution in [1.29, 1.82) is 0 Å². The van der Waals surface area contributed by atoms with Crippen molar-refractivity contribution in [3.8, 4) is 0 Å². The van der Waals surface area contributed by atoms with Gasteiger partial charge in [-0.3, -0.25) is 0 Å². The first-order chi connectivity index (χ1) is 7.70. The van der Waals surface area contributed by atoms with Crippen LogP contribution in [0.15, 0.2) is 36.5 Å². The molecule has 16 heavy (non-hydrogen) atoms. The molecule has 0 aliphatic rings. The molecule has 0 N–H and O–H groups in total. The monoisotopic (exact) mass is 220 g/mol. The average molecular weight is 220 g/mol. The van der Waals surface area contributed by atoms with Crippen molar-refractivity contribution in [2.24, 2.45) is 5.92 Å². The number of unbranched alkanes of at least 4 members (excludes halogenated alkanes) is 2. The Kier molecular flexibility index (Phi) is 10.2. The zero-order chi connectivity index (χ0) is 12.2. The maximum atomic E-state index is 3.73. The number of hydrogen-bond acceptors (Lipinski definition) is 0. The molecule has 0 heterocycles. The lowest BCUT2D eigenvalue weighted by atomic mass is 10.0. The molecule has 0 aliphatic carbocycles. The molecular weight excluding hydrogens is 192 g/mol. The summed E-state index contributed by atoms with van der Waals surface area (Å²) in [6.07, 6.45) is 16.3. The fourth-order valence-electron chi connectivity index (χ4n) is 1.67. The second-order valence-corrected chi connectivity index (χ2v) is 4.66. The Bertz CT molecular complexity index is 220. The first-order valence-electron chi connectivity index (χ1n) is 6.63. The van der Waals surface area contributed by atoms with E-state index in [4.69, 9.17) is 0 Å². The standard InChI is InChI=1S/C16H28/c1-5-7-8-9-10-12-16(4)14-13-15(3)11-6-2/h5,10,12-13,16H,1,6-9,11,14H2,2-4H3. The van der Waals surface area contributed by atoms with E-state index in [2.05, 4.69) is 45.6 Å². The van der Waals surface area contributed by atoms with Crippen LogP contribution in [0.3, 0.4) is 0 Å². The van der Waals surface area contributed by atoms with Crippen LogP contribution in [-0.4, -0.2) is 0 Å². The minimum Gasteiger partial charge on any atom is -0.103 e. The minimum absolute atomic E-state index is 0.676. The molecule has 0 aliphatic heterocycles. The highest BCUT2D eigenvalue weighted by atomic mass is 14.0. The van der Waals surface area contributed by atoms with Crippen LogP contribution >= 0.6 is 0 Å². The van der Waals surface area contributed by atoms with E-state index in [9.17, 15) is 0 Å². The third kappa shape index (κ3) is 9.76. The number of rotatable bonds is 9. The zero-order valence-corrected chi connectivity index (χ0v) is 11.3. The van der Waals surface area contributed by atoms with Gasteiger partial charge in [-0.05, 0) is 44.9 Å². The molecule has 0 radical (unpaired) electrons. The van der Waals surface area contributed by atoms with Crippen LogP contribution in [-0.2, 0) is 0 Å². The molecule has 1 unspecified atom stereocenters. The van der Waals surface area contributed by atoms with Crippen molar-refractivity contribution in [2.45, 2.75) is 59.3 Å². The van der Waals surface area contributed by atoms with Crippen molar-refractivity contribution in [3.05, 3.63) is 36.5 Å². The van der Waals surface area contributed by atoms with Gasteiger partial charge in [-0.1, -0.05) is 50.1 Å². The predicted octanol–water partition coefficient (Wildman–Crippen LogP) is 5.67. The second-order valence-electron chi connectivity index (χ2n) is 4.66. The van der Waals surface area contributed by atoms with E-state index < -0.39 is 0 Å². The van der Waals surface area contributed by atoms with Crippen LogP contribution in [0.5, 0.6) is 0 Å². The van der Waals surface area contributed by atoms with Crippen LogP contribution in [0.2, 0.25) is 0 Å². The SMILES string of the molecule is C=CCCCC=CC(C)CC=C(C)CCC. The van der Waals surface area contributed by atoms with Crippen molar-refractivity contribution in [1.82, 2.24) is 0 Å². The van der Waals surface area contributed by atoms with Gasteiger partial charge in [0, 0.05) is 0 Å². The molecule has 0 aromatic heterocycles. The van der Waals surface area contributed by atoms with Gasteiger partial charge in [-0.15, -0.1) is 6.58 Å². The van der Waals surface area contributed by atoms with Gasteiger partial charge in [-0.2, -0.15) is 0 Å². The first kappa shape index (κ1) is 15.2. The highest BCUT2D eigenvalue weighted by molar-refractivity contribution is 5.00. The lowest BCUT2D eigenvalue weighted by Gasteiger charge is -2.03. The summed E-state index contributed by atoms with van der Waals surface area (Å²) >= 11 is 0. The van der Waals surface area contributed by atoms with E-state index in [-0.39, 0.29) is 0 Å². The van der Waals surface area contributed by atoms with Gasteiger partial charge in [0.15, 0.2) is 0 Å². The van der Waals surface area contributed by atoms with Gasteiger partial charge in [0.2, 0.25) is 0 Å². The van der Waals surface area contributed by atoms with Gasteiger partial charge in [-0.25, -0.2) is 0 Å². The van der Waals surface area contributed by atoms with Crippen LogP contribution in [0, 0.1) is 5.92 Å². The van der Waals surface area contributed by atoms with E-state index in [0.29, 0.717) is 5.92 Å². The summed E-state index contributed by atoms with van der Waals surface area (Å²) in [5.41, 5.74) is 1.54. The Morgan fingerprint density at radius 1 is 1.31 bits per heavy atom. The molecule has 0 fully saturated rings. The normalized spacial score (nSPS) is 14.3. The fraction of sp³-hybridized carbons (Fsp3) is 0.625. The largest absolute Gasteiger partial charge is 0.103 e. The van der Waals surface area contributed by atoms with E-state index in [1.165, 1.54) is 37.7 Å². The molecule has 0 rings (SSSR count). The second kappa shape index (κ2) is 10.7. The van der Waals surface area contributed by atoms with E-state index in [1.807, 2.05) is 6.08 Å². The maximum Gasteiger partial charge on any atom is -0.0227 e. The summed E-state index contributed by atoms with van der Waals surface area (Å²) in [7, 11) is 0. The molecule has 0 aromatic rings. The topological polar surface area (TPSA) is 0 Å². The molecule has 0 heteroatoms. The quantitative estimate of drug-likeness (QED) is 0.347. The third-order valence-corrected chi connectivity index (χ3v) is 2.73. The Labute approximate surface area is 102 Å². The molecule has 0 amide bonds. The predicted molar refractivity (Wildman–Crippen MR) is 75.6 cm³/mol. The molecule has 0 bridgehead atoms. The van der Waals surface area contributed by atoms with Crippen molar-refractivity contribution < 1.29 is 0 Å². The van der Waals surface area contributed by atoms with Crippen molar-refractivity contribution in [3.63, 3.8) is 0 Å². The van der Waals surface area contributed by atoms with Crippen molar-refractivity contribution in [2.75, 3.05) is 0 Å². The van der Waals surface area contributed by atoms with Gasteiger partial charge in [0.25, 0.3) is 0 Å². The van der Waals surface area contributed by atoms with Gasteiger partial charge >= 0.3 is 0 Å². The number of hydrogen-bond donors (Lipinski definition) is 0. The third-order valence-electron chi connectivity index (χ3n) is 2.73. The molecule has 0 saturated carbocycles. The van der Waals surface area contributed by atoms with Gasteiger partial charge in [0.1, 0.15) is 0 Å². The Balaban J connectivity index is 3.68. The molecule has 0 spiro atoms. The van der Waals surface area contributed by atoms with Crippen LogP contribution < -0.4 is 0 Å². The molecule has 0 nitrogen and oxygen atoms in total. The Morgan fingerprint density at radius 2 is 2.06 bits per heavy atom. The van der Waals surface area contributed by atoms with E-state index >= 15 is 0 Å². The first-order valence-corrected chi connectivity index (χ1v) is 6.63. The maximum absolute atomic E-state index is 3.73. The Hall–Kier alpha value is -0.780. The lowest BCUT2D eigenvalue weighted by Crippen LogP contribution is -1.87. The highest BCUT2D eigenvalue weighted by Gasteiger charge is 1.94. The average Bonchev–Trinajstić information content (AvgIpc) is 2.26. The van der Waals surface area contributed by atoms with Crippen LogP contribution in [0.4, 0.5) is 0 Å². The highest BCUT2D eigenvalue weighted by Crippen LogP contribution is 2.11. The Morgan fingerprint density at radius 3 is 2.69 bits per heavy atom. The zero-order valence-electron chi connectivity index (χ0n) is 11.3. The molecule has 92 valence electrons. The van der Waals surface area contributed by atoms with E-state index in [1.54, 1.807) is 0 Å². The molecule has 0 saturated heterocycles. The van der Waals surface area contributed by atoms with Crippen LogP contribution in [0.1, 0.15) is 59.3 Å². The molecule has 0 aromatic carbocycles.